The molecule has 20 heavy (non-hydrogen) atoms. The summed E-state index contributed by atoms with van der Waals surface area (Å²) in [5, 5.41) is 0.696. The van der Waals surface area contributed by atoms with Gasteiger partial charge in [-0.1, -0.05) is 11.6 Å². The zero-order valence-electron chi connectivity index (χ0n) is 12.3. The van der Waals surface area contributed by atoms with Gasteiger partial charge in [-0.15, -0.1) is 0 Å². The van der Waals surface area contributed by atoms with Crippen LogP contribution in [-0.4, -0.2) is 43.7 Å². The SMILES string of the molecule is COC(=O)CN(CCCOc1ccc(Cl)cc1)C(C)C. The van der Waals surface area contributed by atoms with Crippen LogP contribution in [0.25, 0.3) is 0 Å². The molecule has 1 aromatic carbocycles. The van der Waals surface area contributed by atoms with Gasteiger partial charge in [0.05, 0.1) is 20.3 Å². The number of hydrogen-bond acceptors (Lipinski definition) is 4. The molecule has 0 saturated heterocycles. The minimum absolute atomic E-state index is 0.211. The van der Waals surface area contributed by atoms with Crippen molar-refractivity contribution in [1.29, 1.82) is 0 Å². The fourth-order valence-electron chi connectivity index (χ4n) is 1.74. The lowest BCUT2D eigenvalue weighted by atomic mass is 10.3. The lowest BCUT2D eigenvalue weighted by Gasteiger charge is -2.24. The Morgan fingerprint density at radius 2 is 1.95 bits per heavy atom. The van der Waals surface area contributed by atoms with Crippen molar-refractivity contribution in [3.63, 3.8) is 0 Å². The van der Waals surface area contributed by atoms with E-state index in [1.165, 1.54) is 7.11 Å². The highest BCUT2D eigenvalue weighted by Gasteiger charge is 2.13. The van der Waals surface area contributed by atoms with Crippen molar-refractivity contribution in [3.05, 3.63) is 29.3 Å². The first kappa shape index (κ1) is 16.8. The molecule has 0 aliphatic heterocycles. The van der Waals surface area contributed by atoms with E-state index in [1.807, 2.05) is 12.1 Å². The van der Waals surface area contributed by atoms with Gasteiger partial charge in [-0.3, -0.25) is 9.69 Å². The Bertz CT molecular complexity index is 406. The number of carbonyl (C=O) groups excluding carboxylic acids is 1. The van der Waals surface area contributed by atoms with E-state index < -0.39 is 0 Å². The van der Waals surface area contributed by atoms with Crippen molar-refractivity contribution in [2.45, 2.75) is 26.3 Å². The summed E-state index contributed by atoms with van der Waals surface area (Å²) >= 11 is 5.81. The van der Waals surface area contributed by atoms with Crippen LogP contribution < -0.4 is 4.74 Å². The number of hydrogen-bond donors (Lipinski definition) is 0. The first-order chi connectivity index (χ1) is 9.52. The molecule has 0 N–H and O–H groups in total. The van der Waals surface area contributed by atoms with Crippen LogP contribution in [0.1, 0.15) is 20.3 Å². The number of nitrogens with zero attached hydrogens (tertiary/aromatic N) is 1. The fourth-order valence-corrected chi connectivity index (χ4v) is 1.86. The molecule has 112 valence electrons. The third-order valence-corrected chi connectivity index (χ3v) is 3.21. The molecule has 5 heteroatoms. The monoisotopic (exact) mass is 299 g/mol. The molecule has 0 heterocycles. The summed E-state index contributed by atoms with van der Waals surface area (Å²) in [5.74, 6) is 0.593. The van der Waals surface area contributed by atoms with Gasteiger partial charge in [-0.2, -0.15) is 0 Å². The number of carbonyl (C=O) groups is 1. The van der Waals surface area contributed by atoms with Gasteiger partial charge in [0.15, 0.2) is 0 Å². The lowest BCUT2D eigenvalue weighted by molar-refractivity contribution is -0.142. The molecular formula is C15H22ClNO3. The van der Waals surface area contributed by atoms with Gasteiger partial charge in [0.2, 0.25) is 0 Å². The van der Waals surface area contributed by atoms with Gasteiger partial charge in [-0.05, 0) is 44.5 Å². The lowest BCUT2D eigenvalue weighted by Crippen LogP contribution is -2.37. The highest BCUT2D eigenvalue weighted by molar-refractivity contribution is 6.30. The van der Waals surface area contributed by atoms with Crippen LogP contribution in [0.5, 0.6) is 5.75 Å². The van der Waals surface area contributed by atoms with E-state index in [0.29, 0.717) is 24.2 Å². The maximum Gasteiger partial charge on any atom is 0.319 e. The average molecular weight is 300 g/mol. The van der Waals surface area contributed by atoms with Crippen molar-refractivity contribution < 1.29 is 14.3 Å². The largest absolute Gasteiger partial charge is 0.494 e. The van der Waals surface area contributed by atoms with E-state index in [1.54, 1.807) is 12.1 Å². The van der Waals surface area contributed by atoms with Crippen molar-refractivity contribution in [2.75, 3.05) is 26.8 Å². The number of methoxy groups -OCH3 is 1. The average Bonchev–Trinajstić information content (AvgIpc) is 2.43. The molecule has 0 atom stereocenters. The third kappa shape index (κ3) is 6.26. The van der Waals surface area contributed by atoms with E-state index >= 15 is 0 Å². The molecule has 0 aromatic heterocycles. The summed E-state index contributed by atoms with van der Waals surface area (Å²) in [7, 11) is 1.41. The Morgan fingerprint density at radius 1 is 1.30 bits per heavy atom. The predicted molar refractivity (Wildman–Crippen MR) is 80.3 cm³/mol. The molecule has 1 aromatic rings. The molecule has 4 nitrogen and oxygen atoms in total. The van der Waals surface area contributed by atoms with Crippen LogP contribution in [0, 0.1) is 0 Å². The third-order valence-electron chi connectivity index (χ3n) is 2.96. The normalized spacial score (nSPS) is 10.9. The molecule has 0 amide bonds. The molecule has 0 unspecified atom stereocenters. The van der Waals surface area contributed by atoms with E-state index in [0.717, 1.165) is 18.7 Å². The van der Waals surface area contributed by atoms with E-state index in [2.05, 4.69) is 18.7 Å². The predicted octanol–water partition coefficient (Wildman–Crippen LogP) is 2.99. The summed E-state index contributed by atoms with van der Waals surface area (Å²) < 4.78 is 10.3. The summed E-state index contributed by atoms with van der Waals surface area (Å²) in [6.07, 6.45) is 0.845. The van der Waals surface area contributed by atoms with E-state index in [4.69, 9.17) is 21.1 Å². The van der Waals surface area contributed by atoms with E-state index in [-0.39, 0.29) is 5.97 Å². The van der Waals surface area contributed by atoms with Crippen molar-refractivity contribution >= 4 is 17.6 Å². The Labute approximate surface area is 125 Å². The first-order valence-electron chi connectivity index (χ1n) is 6.72. The van der Waals surface area contributed by atoms with Gasteiger partial charge in [-0.25, -0.2) is 0 Å². The van der Waals surface area contributed by atoms with Gasteiger partial charge in [0, 0.05) is 17.6 Å². The number of esters is 1. The van der Waals surface area contributed by atoms with Crippen LogP contribution in [0.2, 0.25) is 5.02 Å². The molecule has 0 aliphatic carbocycles. The fraction of sp³-hybridized carbons (Fsp3) is 0.533. The van der Waals surface area contributed by atoms with Gasteiger partial charge in [0.1, 0.15) is 5.75 Å². The minimum Gasteiger partial charge on any atom is -0.494 e. The highest BCUT2D eigenvalue weighted by Crippen LogP contribution is 2.15. The van der Waals surface area contributed by atoms with Crippen molar-refractivity contribution in [2.24, 2.45) is 0 Å². The molecule has 0 radical (unpaired) electrons. The van der Waals surface area contributed by atoms with Crippen LogP contribution >= 0.6 is 11.6 Å². The highest BCUT2D eigenvalue weighted by atomic mass is 35.5. The number of rotatable bonds is 8. The second-order valence-corrected chi connectivity index (χ2v) is 5.23. The number of halogens is 1. The van der Waals surface area contributed by atoms with Gasteiger partial charge >= 0.3 is 5.97 Å². The maximum atomic E-state index is 11.3. The smallest absolute Gasteiger partial charge is 0.319 e. The Balaban J connectivity index is 2.30. The van der Waals surface area contributed by atoms with Crippen LogP contribution in [0.3, 0.4) is 0 Å². The zero-order valence-corrected chi connectivity index (χ0v) is 13.0. The summed E-state index contributed by atoms with van der Waals surface area (Å²) in [6.45, 7) is 5.83. The summed E-state index contributed by atoms with van der Waals surface area (Å²) in [5.41, 5.74) is 0. The summed E-state index contributed by atoms with van der Waals surface area (Å²) in [6, 6.07) is 7.58. The Kier molecular flexibility index (Phi) is 7.41. The topological polar surface area (TPSA) is 38.8 Å². The van der Waals surface area contributed by atoms with Crippen molar-refractivity contribution in [1.82, 2.24) is 4.90 Å². The number of ether oxygens (including phenoxy) is 2. The Hall–Kier alpha value is -1.26. The molecule has 1 rings (SSSR count). The quantitative estimate of drug-likeness (QED) is 0.546. The second-order valence-electron chi connectivity index (χ2n) is 4.80. The zero-order chi connectivity index (χ0) is 15.0. The molecule has 0 spiro atoms. The second kappa shape index (κ2) is 8.82. The van der Waals surface area contributed by atoms with Crippen LogP contribution in [0.15, 0.2) is 24.3 Å². The van der Waals surface area contributed by atoms with Gasteiger partial charge < -0.3 is 9.47 Å². The molecule has 0 saturated carbocycles. The van der Waals surface area contributed by atoms with Gasteiger partial charge in [0.25, 0.3) is 0 Å². The molecule has 0 fully saturated rings. The minimum atomic E-state index is -0.211. The molecule has 0 bridgehead atoms. The summed E-state index contributed by atoms with van der Waals surface area (Å²) in [4.78, 5) is 13.4. The number of benzene rings is 1. The van der Waals surface area contributed by atoms with E-state index in [9.17, 15) is 4.79 Å². The standard InChI is InChI=1S/C15H22ClNO3/c1-12(2)17(11-15(18)19-3)9-4-10-20-14-7-5-13(16)6-8-14/h5-8,12H,4,9-11H2,1-3H3. The van der Waals surface area contributed by atoms with Crippen molar-refractivity contribution in [3.8, 4) is 5.75 Å². The molecular weight excluding hydrogens is 278 g/mol. The first-order valence-corrected chi connectivity index (χ1v) is 7.10. The van der Waals surface area contributed by atoms with Crippen LogP contribution in [0.4, 0.5) is 0 Å². The Morgan fingerprint density at radius 3 is 2.50 bits per heavy atom. The molecule has 0 aliphatic rings. The van der Waals surface area contributed by atoms with Crippen LogP contribution in [-0.2, 0) is 9.53 Å². The maximum absolute atomic E-state index is 11.3.